The summed E-state index contributed by atoms with van der Waals surface area (Å²) in [7, 11) is 0. The minimum Gasteiger partial charge on any atom is -0.481 e. The van der Waals surface area contributed by atoms with Gasteiger partial charge >= 0.3 is 5.97 Å². The lowest BCUT2D eigenvalue weighted by Crippen LogP contribution is -2.46. The van der Waals surface area contributed by atoms with Gasteiger partial charge in [0, 0.05) is 19.2 Å². The third kappa shape index (κ3) is 2.10. The number of carbonyl (C=O) groups is 2. The summed E-state index contributed by atoms with van der Waals surface area (Å²) in [5.74, 6) is -0.961. The molecule has 6 heteroatoms. The molecule has 2 heterocycles. The van der Waals surface area contributed by atoms with Crippen molar-refractivity contribution in [2.75, 3.05) is 13.1 Å². The quantitative estimate of drug-likeness (QED) is 0.878. The Labute approximate surface area is 105 Å². The average molecular weight is 252 g/mol. The molecule has 98 valence electrons. The zero-order valence-electron chi connectivity index (χ0n) is 10.3. The van der Waals surface area contributed by atoms with E-state index in [0.717, 1.165) is 0 Å². The molecule has 1 saturated heterocycles. The van der Waals surface area contributed by atoms with Crippen molar-refractivity contribution < 1.29 is 19.2 Å². The predicted molar refractivity (Wildman–Crippen MR) is 62.0 cm³/mol. The molecular weight excluding hydrogens is 236 g/mol. The Hall–Kier alpha value is -1.85. The molecule has 1 aromatic heterocycles. The van der Waals surface area contributed by atoms with Crippen LogP contribution in [0.2, 0.25) is 0 Å². The molecule has 1 amide bonds. The molecule has 0 radical (unpaired) electrons. The van der Waals surface area contributed by atoms with E-state index in [9.17, 15) is 14.7 Å². The number of aliphatic carboxylic acids is 1. The van der Waals surface area contributed by atoms with E-state index >= 15 is 0 Å². The van der Waals surface area contributed by atoms with Crippen LogP contribution >= 0.6 is 0 Å². The second-order valence-corrected chi connectivity index (χ2v) is 4.62. The lowest BCUT2D eigenvalue weighted by molar-refractivity contribution is -0.152. The molecule has 2 rings (SSSR count). The highest BCUT2D eigenvalue weighted by Crippen LogP contribution is 2.35. The van der Waals surface area contributed by atoms with Crippen LogP contribution in [0.25, 0.3) is 0 Å². The van der Waals surface area contributed by atoms with Gasteiger partial charge in [-0.2, -0.15) is 0 Å². The van der Waals surface area contributed by atoms with Crippen LogP contribution in [0.5, 0.6) is 0 Å². The Morgan fingerprint density at radius 3 is 2.61 bits per heavy atom. The first-order chi connectivity index (χ1) is 8.59. The number of piperidine rings is 1. The van der Waals surface area contributed by atoms with Gasteiger partial charge in [-0.1, -0.05) is 12.1 Å². The van der Waals surface area contributed by atoms with Crippen LogP contribution in [0, 0.1) is 5.41 Å². The zero-order valence-corrected chi connectivity index (χ0v) is 10.3. The molecule has 0 atom stereocenters. The number of aromatic nitrogens is 1. The van der Waals surface area contributed by atoms with E-state index in [1.165, 1.54) is 12.3 Å². The van der Waals surface area contributed by atoms with Crippen LogP contribution in [-0.4, -0.2) is 40.1 Å². The van der Waals surface area contributed by atoms with Crippen molar-refractivity contribution in [2.24, 2.45) is 5.41 Å². The van der Waals surface area contributed by atoms with Gasteiger partial charge in [0.2, 0.25) is 0 Å². The van der Waals surface area contributed by atoms with Crippen LogP contribution in [0.1, 0.15) is 36.7 Å². The Morgan fingerprint density at radius 2 is 2.17 bits per heavy atom. The predicted octanol–water partition coefficient (Wildman–Crippen LogP) is 1.39. The van der Waals surface area contributed by atoms with Gasteiger partial charge in [-0.15, -0.1) is 0 Å². The summed E-state index contributed by atoms with van der Waals surface area (Å²) >= 11 is 0. The first-order valence-corrected chi connectivity index (χ1v) is 6.02. The Morgan fingerprint density at radius 1 is 1.50 bits per heavy atom. The average Bonchev–Trinajstić information content (AvgIpc) is 2.91. The number of nitrogens with zero attached hydrogens (tertiary/aromatic N) is 2. The number of likely N-dealkylation sites (tertiary alicyclic amines) is 1. The number of amides is 1. The van der Waals surface area contributed by atoms with Crippen molar-refractivity contribution in [1.29, 1.82) is 0 Å². The first kappa shape index (κ1) is 12.6. The minimum absolute atomic E-state index is 0.196. The molecule has 1 aliphatic heterocycles. The smallest absolute Gasteiger partial charge is 0.309 e. The summed E-state index contributed by atoms with van der Waals surface area (Å²) in [6.45, 7) is 2.78. The second kappa shape index (κ2) is 4.80. The Balaban J connectivity index is 2.02. The third-order valence-electron chi connectivity index (χ3n) is 3.80. The Bertz CT molecular complexity index is 433. The standard InChI is InChI=1S/C12H16N2O4/c1-2-12(11(16)17)4-6-14(7-5-12)10(15)9-3-8-18-13-9/h3,8H,2,4-7H2,1H3,(H,16,17). The molecule has 0 unspecified atom stereocenters. The van der Waals surface area contributed by atoms with Gasteiger partial charge < -0.3 is 14.5 Å². The molecule has 0 aliphatic carbocycles. The highest BCUT2D eigenvalue weighted by molar-refractivity contribution is 5.92. The zero-order chi connectivity index (χ0) is 13.2. The fraction of sp³-hybridized carbons (Fsp3) is 0.583. The van der Waals surface area contributed by atoms with Gasteiger partial charge in [0.25, 0.3) is 5.91 Å². The van der Waals surface area contributed by atoms with Crippen LogP contribution in [0.15, 0.2) is 16.9 Å². The van der Waals surface area contributed by atoms with Gasteiger partial charge in [0.05, 0.1) is 5.41 Å². The van der Waals surface area contributed by atoms with Crippen LogP contribution in [0.4, 0.5) is 0 Å². The summed E-state index contributed by atoms with van der Waals surface area (Å²) in [5.41, 5.74) is -0.407. The van der Waals surface area contributed by atoms with Gasteiger partial charge in [-0.3, -0.25) is 9.59 Å². The molecule has 18 heavy (non-hydrogen) atoms. The highest BCUT2D eigenvalue weighted by atomic mass is 16.5. The number of hydrogen-bond acceptors (Lipinski definition) is 4. The molecule has 1 fully saturated rings. The van der Waals surface area contributed by atoms with Crippen molar-refractivity contribution in [3.05, 3.63) is 18.0 Å². The maximum Gasteiger partial charge on any atom is 0.309 e. The summed E-state index contributed by atoms with van der Waals surface area (Å²) in [6.07, 6.45) is 2.92. The van der Waals surface area contributed by atoms with Crippen LogP contribution < -0.4 is 0 Å². The SMILES string of the molecule is CCC1(C(=O)O)CCN(C(=O)c2ccon2)CC1. The molecular formula is C12H16N2O4. The summed E-state index contributed by atoms with van der Waals surface area (Å²) in [4.78, 5) is 24.9. The highest BCUT2D eigenvalue weighted by Gasteiger charge is 2.41. The maximum absolute atomic E-state index is 12.0. The number of carboxylic acid groups (broad SMARTS) is 1. The Kier molecular flexibility index (Phi) is 3.36. The first-order valence-electron chi connectivity index (χ1n) is 6.02. The van der Waals surface area contributed by atoms with Crippen molar-refractivity contribution in [2.45, 2.75) is 26.2 Å². The fourth-order valence-corrected chi connectivity index (χ4v) is 2.34. The van der Waals surface area contributed by atoms with E-state index in [1.807, 2.05) is 6.92 Å². The number of carbonyl (C=O) groups excluding carboxylic acids is 1. The van der Waals surface area contributed by atoms with Gasteiger partial charge in [-0.25, -0.2) is 0 Å². The van der Waals surface area contributed by atoms with E-state index in [0.29, 0.717) is 32.4 Å². The monoisotopic (exact) mass is 252 g/mol. The van der Waals surface area contributed by atoms with Crippen molar-refractivity contribution in [1.82, 2.24) is 10.1 Å². The normalized spacial score (nSPS) is 18.6. The minimum atomic E-state index is -0.765. The second-order valence-electron chi connectivity index (χ2n) is 4.62. The lowest BCUT2D eigenvalue weighted by Gasteiger charge is -2.37. The molecule has 0 saturated carbocycles. The van der Waals surface area contributed by atoms with Crippen molar-refractivity contribution in [3.8, 4) is 0 Å². The summed E-state index contributed by atoms with van der Waals surface area (Å²) in [6, 6.07) is 1.52. The maximum atomic E-state index is 12.0. The van der Waals surface area contributed by atoms with Gasteiger partial charge in [0.1, 0.15) is 6.26 Å². The van der Waals surface area contributed by atoms with Gasteiger partial charge in [0.15, 0.2) is 5.69 Å². The van der Waals surface area contributed by atoms with Crippen molar-refractivity contribution in [3.63, 3.8) is 0 Å². The van der Waals surface area contributed by atoms with E-state index in [-0.39, 0.29) is 11.6 Å². The molecule has 1 aromatic rings. The third-order valence-corrected chi connectivity index (χ3v) is 3.80. The molecule has 0 aromatic carbocycles. The van der Waals surface area contributed by atoms with Crippen LogP contribution in [0.3, 0.4) is 0 Å². The topological polar surface area (TPSA) is 83.6 Å². The number of hydrogen-bond donors (Lipinski definition) is 1. The van der Waals surface area contributed by atoms with Gasteiger partial charge in [-0.05, 0) is 19.3 Å². The number of carboxylic acids is 1. The molecule has 1 aliphatic rings. The van der Waals surface area contributed by atoms with E-state index in [4.69, 9.17) is 0 Å². The van der Waals surface area contributed by atoms with E-state index < -0.39 is 11.4 Å². The molecule has 0 bridgehead atoms. The van der Waals surface area contributed by atoms with E-state index in [2.05, 4.69) is 9.68 Å². The fourth-order valence-electron chi connectivity index (χ4n) is 2.34. The van der Waals surface area contributed by atoms with Crippen LogP contribution in [-0.2, 0) is 4.79 Å². The summed E-state index contributed by atoms with van der Waals surface area (Å²) < 4.78 is 4.64. The molecule has 1 N–H and O–H groups in total. The molecule has 0 spiro atoms. The van der Waals surface area contributed by atoms with E-state index in [1.54, 1.807) is 4.90 Å². The number of rotatable bonds is 3. The lowest BCUT2D eigenvalue weighted by atomic mass is 9.76. The largest absolute Gasteiger partial charge is 0.481 e. The summed E-state index contributed by atoms with van der Waals surface area (Å²) in [5, 5.41) is 12.9. The van der Waals surface area contributed by atoms with Crippen molar-refractivity contribution >= 4 is 11.9 Å². The molecule has 6 nitrogen and oxygen atoms in total.